The lowest BCUT2D eigenvalue weighted by molar-refractivity contribution is -0.385. The first-order valence-corrected chi connectivity index (χ1v) is 7.64. The van der Waals surface area contributed by atoms with Crippen molar-refractivity contribution in [3.05, 3.63) is 63.5 Å². The van der Waals surface area contributed by atoms with E-state index in [2.05, 4.69) is 0 Å². The van der Waals surface area contributed by atoms with Gasteiger partial charge in [-0.25, -0.2) is 0 Å². The molecular weight excluding hydrogens is 294 g/mol. The number of nitrogens with zero attached hydrogens (tertiary/aromatic N) is 3. The van der Waals surface area contributed by atoms with Crippen molar-refractivity contribution in [2.45, 2.75) is 32.4 Å². The number of carbonyl (C=O) groups excluding carboxylic acids is 1. The summed E-state index contributed by atoms with van der Waals surface area (Å²) in [6.45, 7) is 2.16. The average Bonchev–Trinajstić information content (AvgIpc) is 3.27. The minimum absolute atomic E-state index is 0.00883. The van der Waals surface area contributed by atoms with Crippen LogP contribution in [0.4, 0.5) is 5.69 Å². The SMILES string of the molecule is Cc1c(C(=O)N(Cc2cccn2C)C2CC2)cccc1[N+](=O)[O-]. The van der Waals surface area contributed by atoms with E-state index in [-0.39, 0.29) is 17.6 Å². The van der Waals surface area contributed by atoms with Crippen molar-refractivity contribution in [3.8, 4) is 0 Å². The third kappa shape index (κ3) is 2.97. The normalized spacial score (nSPS) is 13.8. The summed E-state index contributed by atoms with van der Waals surface area (Å²) in [5.74, 6) is -0.130. The van der Waals surface area contributed by atoms with Crippen LogP contribution in [-0.4, -0.2) is 26.3 Å². The monoisotopic (exact) mass is 313 g/mol. The first kappa shape index (κ1) is 15.3. The minimum atomic E-state index is -0.440. The van der Waals surface area contributed by atoms with Crippen LogP contribution < -0.4 is 0 Å². The van der Waals surface area contributed by atoms with Crippen LogP contribution in [0.3, 0.4) is 0 Å². The number of hydrogen-bond donors (Lipinski definition) is 0. The molecule has 1 heterocycles. The third-order valence-corrected chi connectivity index (χ3v) is 4.36. The molecule has 0 radical (unpaired) electrons. The predicted octanol–water partition coefficient (Wildman–Crippen LogP) is 3.05. The number of aromatic nitrogens is 1. The van der Waals surface area contributed by atoms with Crippen molar-refractivity contribution in [3.63, 3.8) is 0 Å². The summed E-state index contributed by atoms with van der Waals surface area (Å²) in [5, 5.41) is 11.1. The molecule has 6 nitrogen and oxygen atoms in total. The second-order valence-corrected chi connectivity index (χ2v) is 5.98. The number of nitro groups is 1. The van der Waals surface area contributed by atoms with E-state index in [0.29, 0.717) is 17.7 Å². The second-order valence-electron chi connectivity index (χ2n) is 5.98. The molecule has 6 heteroatoms. The predicted molar refractivity (Wildman–Crippen MR) is 86.1 cm³/mol. The lowest BCUT2D eigenvalue weighted by Crippen LogP contribution is -2.33. The number of aryl methyl sites for hydroxylation is 1. The topological polar surface area (TPSA) is 68.4 Å². The fraction of sp³-hybridized carbons (Fsp3) is 0.353. The summed E-state index contributed by atoms with van der Waals surface area (Å²) < 4.78 is 1.99. The van der Waals surface area contributed by atoms with Crippen LogP contribution in [0, 0.1) is 17.0 Å². The van der Waals surface area contributed by atoms with Crippen molar-refractivity contribution in [1.82, 2.24) is 9.47 Å². The molecule has 0 bridgehead atoms. The first-order chi connectivity index (χ1) is 11.0. The highest BCUT2D eigenvalue weighted by atomic mass is 16.6. The average molecular weight is 313 g/mol. The molecule has 120 valence electrons. The van der Waals surface area contributed by atoms with Crippen molar-refractivity contribution in [2.75, 3.05) is 0 Å². The van der Waals surface area contributed by atoms with Gasteiger partial charge in [-0.1, -0.05) is 6.07 Å². The van der Waals surface area contributed by atoms with Gasteiger partial charge in [0.1, 0.15) is 0 Å². The van der Waals surface area contributed by atoms with Crippen LogP contribution in [-0.2, 0) is 13.6 Å². The Balaban J connectivity index is 1.92. The molecule has 3 rings (SSSR count). The maximum Gasteiger partial charge on any atom is 0.273 e. The van der Waals surface area contributed by atoms with Gasteiger partial charge in [-0.2, -0.15) is 0 Å². The zero-order valence-electron chi connectivity index (χ0n) is 13.2. The van der Waals surface area contributed by atoms with Gasteiger partial charge in [-0.3, -0.25) is 14.9 Å². The highest BCUT2D eigenvalue weighted by Gasteiger charge is 2.34. The maximum atomic E-state index is 13.0. The van der Waals surface area contributed by atoms with Crippen LogP contribution in [0.5, 0.6) is 0 Å². The Kier molecular flexibility index (Phi) is 3.90. The van der Waals surface area contributed by atoms with Gasteiger partial charge in [-0.15, -0.1) is 0 Å². The molecule has 2 aromatic rings. The molecule has 0 spiro atoms. The molecule has 1 saturated carbocycles. The lowest BCUT2D eigenvalue weighted by Gasteiger charge is -2.23. The van der Waals surface area contributed by atoms with E-state index >= 15 is 0 Å². The molecule has 1 aliphatic carbocycles. The Hall–Kier alpha value is -2.63. The molecule has 1 aromatic carbocycles. The summed E-state index contributed by atoms with van der Waals surface area (Å²) in [5.41, 5.74) is 1.89. The standard InChI is InChI=1S/C17H19N3O3/c1-12-15(6-3-7-16(12)20(22)23)17(21)19(13-8-9-13)11-14-5-4-10-18(14)2/h3-7,10,13H,8-9,11H2,1-2H3. The van der Waals surface area contributed by atoms with Gasteiger partial charge < -0.3 is 9.47 Å². The summed E-state index contributed by atoms with van der Waals surface area (Å²) >= 11 is 0. The van der Waals surface area contributed by atoms with Gasteiger partial charge in [-0.05, 0) is 38.0 Å². The molecule has 1 fully saturated rings. The van der Waals surface area contributed by atoms with Crippen molar-refractivity contribution in [2.24, 2.45) is 7.05 Å². The van der Waals surface area contributed by atoms with Gasteiger partial charge >= 0.3 is 0 Å². The third-order valence-electron chi connectivity index (χ3n) is 4.36. The second kappa shape index (κ2) is 5.87. The summed E-state index contributed by atoms with van der Waals surface area (Å²) in [4.78, 5) is 25.4. The molecule has 23 heavy (non-hydrogen) atoms. The lowest BCUT2D eigenvalue weighted by atomic mass is 10.1. The maximum absolute atomic E-state index is 13.0. The van der Waals surface area contributed by atoms with E-state index in [1.807, 2.05) is 34.8 Å². The van der Waals surface area contributed by atoms with Crippen molar-refractivity contribution >= 4 is 11.6 Å². The molecule has 1 aliphatic rings. The molecule has 0 saturated heterocycles. The number of rotatable bonds is 5. The molecule has 1 amide bonds. The van der Waals surface area contributed by atoms with Crippen LogP contribution in [0.1, 0.15) is 34.5 Å². The summed E-state index contributed by atoms with van der Waals surface area (Å²) in [6, 6.07) is 8.85. The fourth-order valence-corrected chi connectivity index (χ4v) is 2.80. The number of nitro benzene ring substituents is 1. The van der Waals surface area contributed by atoms with E-state index in [9.17, 15) is 14.9 Å². The Morgan fingerprint density at radius 3 is 2.65 bits per heavy atom. The summed E-state index contributed by atoms with van der Waals surface area (Å²) in [7, 11) is 1.95. The van der Waals surface area contributed by atoms with E-state index in [0.717, 1.165) is 18.5 Å². The Labute approximate surface area is 134 Å². The zero-order valence-corrected chi connectivity index (χ0v) is 13.2. The van der Waals surface area contributed by atoms with Crippen molar-refractivity contribution < 1.29 is 9.72 Å². The smallest absolute Gasteiger partial charge is 0.273 e. The van der Waals surface area contributed by atoms with Gasteiger partial charge in [0.2, 0.25) is 0 Å². The number of benzene rings is 1. The van der Waals surface area contributed by atoms with E-state index in [1.54, 1.807) is 19.1 Å². The number of carbonyl (C=O) groups is 1. The van der Waals surface area contributed by atoms with E-state index < -0.39 is 4.92 Å². The zero-order chi connectivity index (χ0) is 16.6. The van der Waals surface area contributed by atoms with E-state index in [4.69, 9.17) is 0 Å². The highest BCUT2D eigenvalue weighted by molar-refractivity contribution is 5.97. The van der Waals surface area contributed by atoms with Crippen LogP contribution in [0.25, 0.3) is 0 Å². The molecule has 1 aromatic heterocycles. The largest absolute Gasteiger partial charge is 0.353 e. The molecule has 0 N–H and O–H groups in total. The molecular formula is C17H19N3O3. The van der Waals surface area contributed by atoms with E-state index in [1.165, 1.54) is 6.07 Å². The Morgan fingerprint density at radius 1 is 1.35 bits per heavy atom. The van der Waals surface area contributed by atoms with Crippen LogP contribution >= 0.6 is 0 Å². The van der Waals surface area contributed by atoms with Crippen LogP contribution in [0.2, 0.25) is 0 Å². The number of amides is 1. The molecule has 0 unspecified atom stereocenters. The minimum Gasteiger partial charge on any atom is -0.353 e. The van der Waals surface area contributed by atoms with Gasteiger partial charge in [0.05, 0.1) is 11.5 Å². The van der Waals surface area contributed by atoms with Crippen molar-refractivity contribution in [1.29, 1.82) is 0 Å². The molecule has 0 aliphatic heterocycles. The fourth-order valence-electron chi connectivity index (χ4n) is 2.80. The first-order valence-electron chi connectivity index (χ1n) is 7.64. The van der Waals surface area contributed by atoms with Gasteiger partial charge in [0.25, 0.3) is 11.6 Å². The molecule has 0 atom stereocenters. The highest BCUT2D eigenvalue weighted by Crippen LogP contribution is 2.31. The number of hydrogen-bond acceptors (Lipinski definition) is 3. The van der Waals surface area contributed by atoms with Crippen LogP contribution in [0.15, 0.2) is 36.5 Å². The summed E-state index contributed by atoms with van der Waals surface area (Å²) in [6.07, 6.45) is 3.93. The quantitative estimate of drug-likeness (QED) is 0.629. The van der Waals surface area contributed by atoms with Gasteiger partial charge in [0.15, 0.2) is 0 Å². The van der Waals surface area contributed by atoms with Gasteiger partial charge in [0, 0.05) is 42.2 Å². The Morgan fingerprint density at radius 2 is 2.09 bits per heavy atom. The Bertz CT molecular complexity index is 762.